The maximum Gasteiger partial charge on any atom is 0.191 e. The molecule has 2 saturated heterocycles. The van der Waals surface area contributed by atoms with E-state index in [2.05, 4.69) is 46.4 Å². The molecular weight excluding hydrogens is 286 g/mol. The zero-order valence-electron chi connectivity index (χ0n) is 15.6. The van der Waals surface area contributed by atoms with Crippen molar-refractivity contribution in [2.45, 2.75) is 70.0 Å². The molecule has 2 aliphatic rings. The maximum absolute atomic E-state index is 4.42. The van der Waals surface area contributed by atoms with Crippen molar-refractivity contribution in [2.24, 2.45) is 4.99 Å². The summed E-state index contributed by atoms with van der Waals surface area (Å²) in [6.07, 6.45) is 9.18. The molecule has 0 aromatic rings. The summed E-state index contributed by atoms with van der Waals surface area (Å²) >= 11 is 0. The van der Waals surface area contributed by atoms with Crippen molar-refractivity contribution in [1.82, 2.24) is 20.4 Å². The van der Waals surface area contributed by atoms with Crippen LogP contribution in [0.1, 0.15) is 51.9 Å². The normalized spacial score (nSPS) is 28.9. The highest BCUT2D eigenvalue weighted by atomic mass is 15.2. The van der Waals surface area contributed by atoms with Crippen molar-refractivity contribution in [2.75, 3.05) is 40.8 Å². The van der Waals surface area contributed by atoms with Crippen LogP contribution in [0.25, 0.3) is 0 Å². The van der Waals surface area contributed by atoms with Gasteiger partial charge >= 0.3 is 0 Å². The van der Waals surface area contributed by atoms with E-state index in [1.165, 1.54) is 51.5 Å². The lowest BCUT2D eigenvalue weighted by molar-refractivity contribution is 0.0526. The van der Waals surface area contributed by atoms with E-state index < -0.39 is 0 Å². The zero-order chi connectivity index (χ0) is 16.7. The summed E-state index contributed by atoms with van der Waals surface area (Å²) in [5, 5.41) is 7.15. The molecule has 5 heteroatoms. The number of unbranched alkanes of at least 4 members (excludes halogenated alkanes) is 1. The van der Waals surface area contributed by atoms with Gasteiger partial charge in [0.25, 0.3) is 0 Å². The number of rotatable bonds is 7. The molecule has 2 N–H and O–H groups in total. The molecule has 2 fully saturated rings. The first-order valence-corrected chi connectivity index (χ1v) is 9.51. The highest BCUT2D eigenvalue weighted by molar-refractivity contribution is 5.79. The monoisotopic (exact) mass is 323 g/mol. The highest BCUT2D eigenvalue weighted by Gasteiger charge is 2.36. The maximum atomic E-state index is 4.42. The number of aliphatic imine (C=N–C) groups is 1. The molecule has 0 amide bonds. The third-order valence-electron chi connectivity index (χ3n) is 5.58. The third-order valence-corrected chi connectivity index (χ3v) is 5.58. The lowest BCUT2D eigenvalue weighted by Gasteiger charge is -2.47. The van der Waals surface area contributed by atoms with Crippen molar-refractivity contribution < 1.29 is 0 Å². The molecular formula is C18H37N5. The molecule has 0 spiro atoms. The van der Waals surface area contributed by atoms with Crippen molar-refractivity contribution in [3.8, 4) is 0 Å². The first-order chi connectivity index (χ1) is 11.1. The van der Waals surface area contributed by atoms with E-state index in [4.69, 9.17) is 0 Å². The van der Waals surface area contributed by atoms with Crippen LogP contribution in [0.4, 0.5) is 0 Å². The number of hydrogen-bond donors (Lipinski definition) is 2. The minimum Gasteiger partial charge on any atom is -0.355 e. The van der Waals surface area contributed by atoms with Crippen molar-refractivity contribution in [3.63, 3.8) is 0 Å². The topological polar surface area (TPSA) is 42.9 Å². The van der Waals surface area contributed by atoms with Gasteiger partial charge in [0, 0.05) is 38.3 Å². The minimum absolute atomic E-state index is 0.575. The molecule has 2 aliphatic heterocycles. The SMILES string of the molecule is CCCCN(C)CCNC(=NC)NC1CC2CCCC(C1)N2C. The zero-order valence-corrected chi connectivity index (χ0v) is 15.6. The van der Waals surface area contributed by atoms with Gasteiger partial charge in [-0.1, -0.05) is 19.8 Å². The second-order valence-corrected chi connectivity index (χ2v) is 7.37. The first-order valence-electron chi connectivity index (χ1n) is 9.51. The smallest absolute Gasteiger partial charge is 0.191 e. The van der Waals surface area contributed by atoms with Gasteiger partial charge < -0.3 is 20.4 Å². The number of nitrogens with zero attached hydrogens (tertiary/aromatic N) is 3. The second kappa shape index (κ2) is 9.48. The Balaban J connectivity index is 1.71. The average molecular weight is 324 g/mol. The number of likely N-dealkylation sites (N-methyl/N-ethyl adjacent to an activating group) is 1. The van der Waals surface area contributed by atoms with Crippen LogP contribution in [0.15, 0.2) is 4.99 Å². The largest absolute Gasteiger partial charge is 0.355 e. The molecule has 0 radical (unpaired) electrons. The average Bonchev–Trinajstić information content (AvgIpc) is 2.52. The Bertz CT molecular complexity index is 356. The van der Waals surface area contributed by atoms with Gasteiger partial charge in [0.1, 0.15) is 0 Å². The molecule has 2 atom stereocenters. The summed E-state index contributed by atoms with van der Waals surface area (Å²) in [5.74, 6) is 0.974. The molecule has 23 heavy (non-hydrogen) atoms. The van der Waals surface area contributed by atoms with E-state index in [1.54, 1.807) is 0 Å². The Morgan fingerprint density at radius 1 is 1.22 bits per heavy atom. The van der Waals surface area contributed by atoms with Gasteiger partial charge in [-0.3, -0.25) is 4.99 Å². The van der Waals surface area contributed by atoms with Crippen LogP contribution in [0, 0.1) is 0 Å². The fraction of sp³-hybridized carbons (Fsp3) is 0.944. The van der Waals surface area contributed by atoms with Crippen LogP contribution in [-0.4, -0.2) is 74.7 Å². The Labute approximate surface area is 142 Å². The van der Waals surface area contributed by atoms with E-state index in [1.807, 2.05) is 7.05 Å². The second-order valence-electron chi connectivity index (χ2n) is 7.37. The van der Waals surface area contributed by atoms with Crippen LogP contribution in [0.2, 0.25) is 0 Å². The Morgan fingerprint density at radius 2 is 1.91 bits per heavy atom. The highest BCUT2D eigenvalue weighted by Crippen LogP contribution is 2.32. The van der Waals surface area contributed by atoms with Crippen molar-refractivity contribution >= 4 is 5.96 Å². The molecule has 2 unspecified atom stereocenters. The van der Waals surface area contributed by atoms with Crippen LogP contribution < -0.4 is 10.6 Å². The summed E-state index contributed by atoms with van der Waals surface area (Å²) < 4.78 is 0. The van der Waals surface area contributed by atoms with Gasteiger partial charge in [-0.05, 0) is 52.7 Å². The van der Waals surface area contributed by atoms with Crippen LogP contribution in [0.5, 0.6) is 0 Å². The molecule has 2 bridgehead atoms. The lowest BCUT2D eigenvalue weighted by atomic mass is 9.82. The van der Waals surface area contributed by atoms with E-state index >= 15 is 0 Å². The van der Waals surface area contributed by atoms with Crippen molar-refractivity contribution in [3.05, 3.63) is 0 Å². The summed E-state index contributed by atoms with van der Waals surface area (Å²) in [4.78, 5) is 9.42. The Kier molecular flexibility index (Phi) is 7.63. The number of hydrogen-bond acceptors (Lipinski definition) is 3. The molecule has 0 aromatic carbocycles. The first kappa shape index (κ1) is 18.5. The molecule has 2 rings (SSSR count). The summed E-state index contributed by atoms with van der Waals surface area (Å²) in [5.41, 5.74) is 0. The summed E-state index contributed by atoms with van der Waals surface area (Å²) in [6, 6.07) is 2.10. The summed E-state index contributed by atoms with van der Waals surface area (Å²) in [6.45, 7) is 5.45. The van der Waals surface area contributed by atoms with Gasteiger partial charge in [0.05, 0.1) is 0 Å². The molecule has 134 valence electrons. The number of guanidine groups is 1. The molecule has 0 aromatic heterocycles. The molecule has 2 heterocycles. The predicted octanol–water partition coefficient (Wildman–Crippen LogP) is 1.90. The van der Waals surface area contributed by atoms with Gasteiger partial charge in [-0.2, -0.15) is 0 Å². The summed E-state index contributed by atoms with van der Waals surface area (Å²) in [7, 11) is 6.39. The van der Waals surface area contributed by atoms with E-state index in [0.29, 0.717) is 6.04 Å². The number of fused-ring (bicyclic) bond motifs is 2. The van der Waals surface area contributed by atoms with Crippen molar-refractivity contribution in [1.29, 1.82) is 0 Å². The van der Waals surface area contributed by atoms with Gasteiger partial charge in [0.15, 0.2) is 5.96 Å². The fourth-order valence-electron chi connectivity index (χ4n) is 4.03. The van der Waals surface area contributed by atoms with Gasteiger partial charge in [-0.15, -0.1) is 0 Å². The van der Waals surface area contributed by atoms with E-state index in [-0.39, 0.29) is 0 Å². The number of piperidine rings is 2. The lowest BCUT2D eigenvalue weighted by Crippen LogP contribution is -2.56. The quantitative estimate of drug-likeness (QED) is 0.555. The van der Waals surface area contributed by atoms with Gasteiger partial charge in [-0.25, -0.2) is 0 Å². The molecule has 5 nitrogen and oxygen atoms in total. The number of nitrogens with one attached hydrogen (secondary N) is 2. The van der Waals surface area contributed by atoms with Crippen LogP contribution >= 0.6 is 0 Å². The third kappa shape index (κ3) is 5.64. The van der Waals surface area contributed by atoms with E-state index in [9.17, 15) is 0 Å². The molecule has 0 aliphatic carbocycles. The van der Waals surface area contributed by atoms with Crippen LogP contribution in [0.3, 0.4) is 0 Å². The Morgan fingerprint density at radius 3 is 2.52 bits per heavy atom. The van der Waals surface area contributed by atoms with Crippen LogP contribution in [-0.2, 0) is 0 Å². The molecule has 0 saturated carbocycles. The predicted molar refractivity (Wildman–Crippen MR) is 99.1 cm³/mol. The van der Waals surface area contributed by atoms with Gasteiger partial charge in [0.2, 0.25) is 0 Å². The standard InChI is InChI=1S/C18H37N5/c1-5-6-11-22(3)12-10-20-18(19-2)21-15-13-16-8-7-9-17(14-15)23(16)4/h15-17H,5-14H2,1-4H3,(H2,19,20,21). The van der Waals surface area contributed by atoms with E-state index in [0.717, 1.165) is 31.1 Å². The Hall–Kier alpha value is -0.810. The fourth-order valence-corrected chi connectivity index (χ4v) is 4.03. The minimum atomic E-state index is 0.575.